The largest absolute Gasteiger partial charge is 0.371 e. The first-order valence-corrected chi connectivity index (χ1v) is 9.84. The van der Waals surface area contributed by atoms with Crippen LogP contribution in [0.25, 0.3) is 0 Å². The van der Waals surface area contributed by atoms with Gasteiger partial charge in [0.05, 0.1) is 0 Å². The Balaban J connectivity index is 0.00000243. The summed E-state index contributed by atoms with van der Waals surface area (Å²) in [6, 6.07) is 9.95. The average Bonchev–Trinajstić information content (AvgIpc) is 2.58. The summed E-state index contributed by atoms with van der Waals surface area (Å²) in [5.74, 6) is 0. The summed E-state index contributed by atoms with van der Waals surface area (Å²) in [4.78, 5) is 7.56. The van der Waals surface area contributed by atoms with Gasteiger partial charge in [-0.25, -0.2) is 0 Å². The molecule has 1 aromatic rings. The van der Waals surface area contributed by atoms with E-state index < -0.39 is 0 Å². The van der Waals surface area contributed by atoms with Crippen molar-refractivity contribution in [2.75, 3.05) is 45.2 Å². The van der Waals surface area contributed by atoms with E-state index >= 15 is 0 Å². The molecule has 148 valence electrons. The van der Waals surface area contributed by atoms with Gasteiger partial charge in [-0.2, -0.15) is 0 Å². The molecule has 2 fully saturated rings. The monoisotopic (exact) mass is 380 g/mol. The van der Waals surface area contributed by atoms with Gasteiger partial charge >= 0.3 is 0 Å². The number of halogens is 1. The van der Waals surface area contributed by atoms with Gasteiger partial charge in [-0.1, -0.05) is 32.0 Å². The molecule has 0 radical (unpaired) electrons. The van der Waals surface area contributed by atoms with Crippen LogP contribution in [0.3, 0.4) is 0 Å². The minimum atomic E-state index is 0. The number of benzene rings is 1. The molecule has 5 heteroatoms. The highest BCUT2D eigenvalue weighted by atomic mass is 35.5. The second kappa shape index (κ2) is 8.92. The average molecular weight is 381 g/mol. The fraction of sp³-hybridized carbons (Fsp3) is 0.714. The molecule has 2 aliphatic rings. The van der Waals surface area contributed by atoms with Crippen LogP contribution in [-0.4, -0.2) is 62.2 Å². The normalized spacial score (nSPS) is 24.9. The van der Waals surface area contributed by atoms with Gasteiger partial charge in [-0.15, -0.1) is 12.4 Å². The zero-order valence-electron chi connectivity index (χ0n) is 16.9. The molecule has 26 heavy (non-hydrogen) atoms. The van der Waals surface area contributed by atoms with Crippen molar-refractivity contribution in [2.24, 2.45) is 11.1 Å². The number of nitrogens with two attached hydrogens (primary N) is 1. The van der Waals surface area contributed by atoms with Crippen molar-refractivity contribution >= 4 is 18.1 Å². The maximum atomic E-state index is 6.32. The highest BCUT2D eigenvalue weighted by molar-refractivity contribution is 5.85. The van der Waals surface area contributed by atoms with Gasteiger partial charge in [-0.3, -0.25) is 4.90 Å². The lowest BCUT2D eigenvalue weighted by Gasteiger charge is -2.43. The molecule has 4 nitrogen and oxygen atoms in total. The second-order valence-electron chi connectivity index (χ2n) is 8.87. The molecule has 0 bridgehead atoms. The van der Waals surface area contributed by atoms with Gasteiger partial charge in [0, 0.05) is 44.5 Å². The SMILES string of the molecule is CN1CCC(N(C)c2ccccc2CN2CCC(N)C(C)(C)C2)CC1.Cl. The first kappa shape index (κ1) is 21.5. The molecule has 0 amide bonds. The van der Waals surface area contributed by atoms with E-state index in [1.54, 1.807) is 0 Å². The fourth-order valence-electron chi connectivity index (χ4n) is 4.43. The maximum absolute atomic E-state index is 6.32. The summed E-state index contributed by atoms with van der Waals surface area (Å²) < 4.78 is 0. The lowest BCUT2D eigenvalue weighted by atomic mass is 9.79. The summed E-state index contributed by atoms with van der Waals surface area (Å²) in [5, 5.41) is 0. The topological polar surface area (TPSA) is 35.7 Å². The van der Waals surface area contributed by atoms with E-state index in [1.165, 1.54) is 37.2 Å². The van der Waals surface area contributed by atoms with Crippen molar-refractivity contribution in [2.45, 2.75) is 51.7 Å². The van der Waals surface area contributed by atoms with Crippen molar-refractivity contribution in [1.82, 2.24) is 9.80 Å². The third kappa shape index (κ3) is 4.92. The molecule has 1 unspecified atom stereocenters. The third-order valence-electron chi connectivity index (χ3n) is 6.39. The summed E-state index contributed by atoms with van der Waals surface area (Å²) in [7, 11) is 4.51. The third-order valence-corrected chi connectivity index (χ3v) is 6.39. The van der Waals surface area contributed by atoms with Gasteiger partial charge in [-0.05, 0) is 56.4 Å². The number of rotatable bonds is 4. The lowest BCUT2D eigenvalue weighted by Crippen LogP contribution is -2.52. The molecule has 2 aliphatic heterocycles. The molecule has 0 spiro atoms. The van der Waals surface area contributed by atoms with Gasteiger partial charge in [0.2, 0.25) is 0 Å². The molecule has 0 saturated carbocycles. The van der Waals surface area contributed by atoms with Crippen LogP contribution in [0.4, 0.5) is 5.69 Å². The predicted octanol–water partition coefficient (Wildman–Crippen LogP) is 3.20. The number of likely N-dealkylation sites (tertiary alicyclic amines) is 2. The van der Waals surface area contributed by atoms with E-state index in [9.17, 15) is 0 Å². The van der Waals surface area contributed by atoms with Crippen LogP contribution in [0.2, 0.25) is 0 Å². The summed E-state index contributed by atoms with van der Waals surface area (Å²) in [6.45, 7) is 10.2. The van der Waals surface area contributed by atoms with Gasteiger partial charge in [0.15, 0.2) is 0 Å². The molecular weight excluding hydrogens is 344 g/mol. The Labute approximate surface area is 166 Å². The Bertz CT molecular complexity index is 569. The van der Waals surface area contributed by atoms with Crippen molar-refractivity contribution in [3.8, 4) is 0 Å². The summed E-state index contributed by atoms with van der Waals surface area (Å²) in [5.41, 5.74) is 9.38. The van der Waals surface area contributed by atoms with Gasteiger partial charge in [0.1, 0.15) is 0 Å². The quantitative estimate of drug-likeness (QED) is 0.870. The standard InChI is InChI=1S/C21H36N4.ClH/c1-21(2)16-25(14-11-20(21)22)15-17-7-5-6-8-19(17)24(4)18-9-12-23(3)13-10-18;/h5-8,18,20H,9-16,22H2,1-4H3;1H. The van der Waals surface area contributed by atoms with Crippen LogP contribution in [0.5, 0.6) is 0 Å². The number of hydrogen-bond acceptors (Lipinski definition) is 4. The molecule has 1 atom stereocenters. The Hall–Kier alpha value is -0.810. The van der Waals surface area contributed by atoms with Crippen LogP contribution >= 0.6 is 12.4 Å². The van der Waals surface area contributed by atoms with E-state index in [4.69, 9.17) is 5.73 Å². The van der Waals surface area contributed by atoms with E-state index in [0.29, 0.717) is 12.1 Å². The first-order chi connectivity index (χ1) is 11.9. The lowest BCUT2D eigenvalue weighted by molar-refractivity contribution is 0.0899. The zero-order chi connectivity index (χ0) is 18.0. The predicted molar refractivity (Wildman–Crippen MR) is 114 cm³/mol. The Morgan fingerprint density at radius 3 is 2.42 bits per heavy atom. The van der Waals surface area contributed by atoms with Crippen LogP contribution in [0.15, 0.2) is 24.3 Å². The van der Waals surface area contributed by atoms with Gasteiger partial charge < -0.3 is 15.5 Å². The van der Waals surface area contributed by atoms with Crippen LogP contribution < -0.4 is 10.6 Å². The minimum Gasteiger partial charge on any atom is -0.371 e. The number of piperidine rings is 2. The van der Waals surface area contributed by atoms with Crippen LogP contribution in [0, 0.1) is 5.41 Å². The van der Waals surface area contributed by atoms with Crippen molar-refractivity contribution in [3.63, 3.8) is 0 Å². The molecular formula is C21H37ClN4. The van der Waals surface area contributed by atoms with Crippen LogP contribution in [0.1, 0.15) is 38.7 Å². The van der Waals surface area contributed by atoms with Crippen LogP contribution in [-0.2, 0) is 6.54 Å². The van der Waals surface area contributed by atoms with E-state index in [-0.39, 0.29) is 17.8 Å². The van der Waals surface area contributed by atoms with E-state index in [1.807, 2.05) is 0 Å². The molecule has 3 rings (SSSR count). The van der Waals surface area contributed by atoms with Crippen molar-refractivity contribution < 1.29 is 0 Å². The number of anilines is 1. The number of para-hydroxylation sites is 1. The fourth-order valence-corrected chi connectivity index (χ4v) is 4.43. The first-order valence-electron chi connectivity index (χ1n) is 9.84. The Kier molecular flexibility index (Phi) is 7.37. The van der Waals surface area contributed by atoms with Gasteiger partial charge in [0.25, 0.3) is 0 Å². The zero-order valence-corrected chi connectivity index (χ0v) is 17.8. The summed E-state index contributed by atoms with van der Waals surface area (Å²) in [6.07, 6.45) is 3.61. The molecule has 2 saturated heterocycles. The Morgan fingerprint density at radius 1 is 1.12 bits per heavy atom. The highest BCUT2D eigenvalue weighted by Gasteiger charge is 2.33. The molecule has 0 aromatic heterocycles. The highest BCUT2D eigenvalue weighted by Crippen LogP contribution is 2.31. The number of hydrogen-bond donors (Lipinski definition) is 1. The molecule has 0 aliphatic carbocycles. The van der Waals surface area contributed by atoms with E-state index in [2.05, 4.69) is 66.9 Å². The summed E-state index contributed by atoms with van der Waals surface area (Å²) >= 11 is 0. The van der Waals surface area contributed by atoms with E-state index in [0.717, 1.165) is 26.1 Å². The molecule has 1 aromatic carbocycles. The van der Waals surface area contributed by atoms with Crippen molar-refractivity contribution in [1.29, 1.82) is 0 Å². The smallest absolute Gasteiger partial charge is 0.0411 e. The molecule has 2 N–H and O–H groups in total. The van der Waals surface area contributed by atoms with Crippen molar-refractivity contribution in [3.05, 3.63) is 29.8 Å². The second-order valence-corrected chi connectivity index (χ2v) is 8.87. The number of nitrogens with zero attached hydrogens (tertiary/aromatic N) is 3. The maximum Gasteiger partial charge on any atom is 0.0411 e. The Morgan fingerprint density at radius 2 is 1.77 bits per heavy atom. The minimum absolute atomic E-state index is 0. The molecule has 2 heterocycles.